The summed E-state index contributed by atoms with van der Waals surface area (Å²) in [7, 11) is 3.14. The maximum Gasteiger partial charge on any atom is 0.255 e. The Balaban J connectivity index is 2.01. The van der Waals surface area contributed by atoms with E-state index in [2.05, 4.69) is 0 Å². The number of amides is 1. The molecule has 0 unspecified atom stereocenters. The van der Waals surface area contributed by atoms with Crippen LogP contribution in [-0.4, -0.2) is 25.3 Å². The standard InChI is InChI=1S/C24H21NO4/c1-28-21-13-17-9-5-3-7-15(17)11-19(21)23(24(26)25-27)20-12-16-8-4-6-10-18(16)14-22(20)29-2/h3-14,23,27H,1-2H3,(H,25,26). The van der Waals surface area contributed by atoms with Crippen molar-refractivity contribution >= 4 is 27.5 Å². The lowest BCUT2D eigenvalue weighted by Gasteiger charge is -2.22. The monoisotopic (exact) mass is 387 g/mol. The van der Waals surface area contributed by atoms with Crippen LogP contribution in [0.5, 0.6) is 11.5 Å². The summed E-state index contributed by atoms with van der Waals surface area (Å²) in [5.74, 6) is -0.258. The van der Waals surface area contributed by atoms with Crippen molar-refractivity contribution in [3.63, 3.8) is 0 Å². The molecule has 0 saturated carbocycles. The second kappa shape index (κ2) is 7.81. The Morgan fingerprint density at radius 1 is 0.759 bits per heavy atom. The number of carbonyl (C=O) groups excluding carboxylic acids is 1. The van der Waals surface area contributed by atoms with Crippen LogP contribution in [0.2, 0.25) is 0 Å². The van der Waals surface area contributed by atoms with Crippen LogP contribution in [0.25, 0.3) is 21.5 Å². The highest BCUT2D eigenvalue weighted by Gasteiger charge is 2.29. The molecule has 146 valence electrons. The van der Waals surface area contributed by atoms with Crippen molar-refractivity contribution in [2.45, 2.75) is 5.92 Å². The zero-order chi connectivity index (χ0) is 20.4. The molecule has 0 aromatic heterocycles. The second-order valence-corrected chi connectivity index (χ2v) is 6.79. The first-order valence-electron chi connectivity index (χ1n) is 9.23. The molecule has 0 atom stereocenters. The minimum absolute atomic E-state index is 0.563. The third-order valence-electron chi connectivity index (χ3n) is 5.19. The van der Waals surface area contributed by atoms with Gasteiger partial charge in [-0.25, -0.2) is 5.48 Å². The summed E-state index contributed by atoms with van der Waals surface area (Å²) >= 11 is 0. The summed E-state index contributed by atoms with van der Waals surface area (Å²) in [5, 5.41) is 13.4. The molecule has 0 spiro atoms. The fraction of sp³-hybridized carbons (Fsp3) is 0.125. The van der Waals surface area contributed by atoms with Crippen molar-refractivity contribution in [1.29, 1.82) is 0 Å². The van der Waals surface area contributed by atoms with E-state index < -0.39 is 11.8 Å². The predicted octanol–water partition coefficient (Wildman–Crippen LogP) is 4.65. The van der Waals surface area contributed by atoms with E-state index in [1.54, 1.807) is 14.2 Å². The molecule has 29 heavy (non-hydrogen) atoms. The molecule has 0 saturated heterocycles. The lowest BCUT2D eigenvalue weighted by atomic mass is 9.86. The number of hydrogen-bond donors (Lipinski definition) is 2. The largest absolute Gasteiger partial charge is 0.496 e. The zero-order valence-electron chi connectivity index (χ0n) is 16.2. The van der Waals surface area contributed by atoms with Gasteiger partial charge >= 0.3 is 0 Å². The zero-order valence-corrected chi connectivity index (χ0v) is 16.2. The van der Waals surface area contributed by atoms with Crippen LogP contribution in [0.3, 0.4) is 0 Å². The first-order chi connectivity index (χ1) is 14.2. The maximum atomic E-state index is 12.8. The second-order valence-electron chi connectivity index (χ2n) is 6.79. The van der Waals surface area contributed by atoms with E-state index in [4.69, 9.17) is 9.47 Å². The SMILES string of the molecule is COc1cc2ccccc2cc1C(C(=O)NO)c1cc2ccccc2cc1OC. The molecule has 0 bridgehead atoms. The third-order valence-corrected chi connectivity index (χ3v) is 5.19. The Labute approximate surface area is 168 Å². The average Bonchev–Trinajstić information content (AvgIpc) is 2.78. The van der Waals surface area contributed by atoms with Gasteiger partial charge in [0.05, 0.1) is 20.1 Å². The fourth-order valence-electron chi connectivity index (χ4n) is 3.79. The van der Waals surface area contributed by atoms with Gasteiger partial charge in [-0.1, -0.05) is 48.5 Å². The Morgan fingerprint density at radius 2 is 1.14 bits per heavy atom. The number of hydroxylamine groups is 1. The van der Waals surface area contributed by atoms with Crippen LogP contribution in [0.4, 0.5) is 0 Å². The van der Waals surface area contributed by atoms with Crippen molar-refractivity contribution in [2.24, 2.45) is 0 Å². The maximum absolute atomic E-state index is 12.8. The summed E-state index contributed by atoms with van der Waals surface area (Å²) in [6.07, 6.45) is 0. The summed E-state index contributed by atoms with van der Waals surface area (Å²) < 4.78 is 11.2. The molecule has 0 aliphatic rings. The highest BCUT2D eigenvalue weighted by Crippen LogP contribution is 2.40. The normalized spacial score (nSPS) is 11.0. The molecule has 2 N–H and O–H groups in total. The lowest BCUT2D eigenvalue weighted by Crippen LogP contribution is -2.27. The van der Waals surface area contributed by atoms with E-state index in [-0.39, 0.29) is 0 Å². The van der Waals surface area contributed by atoms with E-state index in [9.17, 15) is 10.0 Å². The van der Waals surface area contributed by atoms with Gasteiger partial charge in [-0.2, -0.15) is 0 Å². The first kappa shape index (κ1) is 18.8. The molecule has 0 aliphatic carbocycles. The molecule has 1 amide bonds. The fourth-order valence-corrected chi connectivity index (χ4v) is 3.79. The Bertz CT molecular complexity index is 1110. The van der Waals surface area contributed by atoms with Crippen LogP contribution >= 0.6 is 0 Å². The van der Waals surface area contributed by atoms with Gasteiger partial charge in [0.25, 0.3) is 5.91 Å². The number of carbonyl (C=O) groups is 1. The topological polar surface area (TPSA) is 67.8 Å². The van der Waals surface area contributed by atoms with Crippen molar-refractivity contribution < 1.29 is 19.5 Å². The number of rotatable bonds is 5. The highest BCUT2D eigenvalue weighted by atomic mass is 16.5. The predicted molar refractivity (Wildman–Crippen MR) is 113 cm³/mol. The molecule has 0 aliphatic heterocycles. The quantitative estimate of drug-likeness (QED) is 0.386. The molecule has 5 nitrogen and oxygen atoms in total. The van der Waals surface area contributed by atoms with Crippen LogP contribution in [0, 0.1) is 0 Å². The van der Waals surface area contributed by atoms with Gasteiger partial charge in [-0.3, -0.25) is 10.0 Å². The van der Waals surface area contributed by atoms with Crippen molar-refractivity contribution in [2.75, 3.05) is 14.2 Å². The number of hydrogen-bond acceptors (Lipinski definition) is 4. The molecule has 0 radical (unpaired) electrons. The van der Waals surface area contributed by atoms with E-state index in [1.165, 1.54) is 0 Å². The van der Waals surface area contributed by atoms with Crippen LogP contribution in [0.15, 0.2) is 72.8 Å². The number of nitrogens with one attached hydrogen (secondary N) is 1. The van der Waals surface area contributed by atoms with Gasteiger partial charge in [0.2, 0.25) is 0 Å². The molecular formula is C24H21NO4. The van der Waals surface area contributed by atoms with Crippen LogP contribution < -0.4 is 15.0 Å². The number of benzene rings is 4. The van der Waals surface area contributed by atoms with Crippen LogP contribution in [0.1, 0.15) is 17.0 Å². The van der Waals surface area contributed by atoms with Gasteiger partial charge in [-0.15, -0.1) is 0 Å². The lowest BCUT2D eigenvalue weighted by molar-refractivity contribution is -0.129. The Morgan fingerprint density at radius 3 is 1.48 bits per heavy atom. The number of fused-ring (bicyclic) bond motifs is 2. The van der Waals surface area contributed by atoms with E-state index in [1.807, 2.05) is 78.3 Å². The molecule has 4 aromatic carbocycles. The van der Waals surface area contributed by atoms with Crippen molar-refractivity contribution in [3.8, 4) is 11.5 Å². The van der Waals surface area contributed by atoms with Gasteiger partial charge < -0.3 is 9.47 Å². The molecular weight excluding hydrogens is 366 g/mol. The van der Waals surface area contributed by atoms with Gasteiger partial charge in [0, 0.05) is 11.1 Å². The minimum Gasteiger partial charge on any atom is -0.496 e. The molecule has 0 heterocycles. The molecule has 0 fully saturated rings. The number of ether oxygens (including phenoxy) is 2. The third kappa shape index (κ3) is 3.37. The summed E-state index contributed by atoms with van der Waals surface area (Å²) in [4.78, 5) is 12.8. The van der Waals surface area contributed by atoms with Gasteiger partial charge in [0.15, 0.2) is 0 Å². The highest BCUT2D eigenvalue weighted by molar-refractivity contribution is 5.94. The first-order valence-corrected chi connectivity index (χ1v) is 9.23. The van der Waals surface area contributed by atoms with E-state index >= 15 is 0 Å². The molecule has 4 aromatic rings. The van der Waals surface area contributed by atoms with E-state index in [0.717, 1.165) is 21.5 Å². The van der Waals surface area contributed by atoms with Gasteiger partial charge in [0.1, 0.15) is 11.5 Å². The molecule has 5 heteroatoms. The summed E-state index contributed by atoms with van der Waals surface area (Å²) in [6, 6.07) is 23.3. The average molecular weight is 387 g/mol. The van der Waals surface area contributed by atoms with Crippen molar-refractivity contribution in [3.05, 3.63) is 83.9 Å². The Kier molecular flexibility index (Phi) is 5.06. The van der Waals surface area contributed by atoms with Gasteiger partial charge in [-0.05, 0) is 45.8 Å². The minimum atomic E-state index is -0.820. The Hall–Kier alpha value is -3.57. The van der Waals surface area contributed by atoms with Crippen molar-refractivity contribution in [1.82, 2.24) is 5.48 Å². The van der Waals surface area contributed by atoms with Crippen LogP contribution in [-0.2, 0) is 4.79 Å². The molecule has 4 rings (SSSR count). The smallest absolute Gasteiger partial charge is 0.255 e. The summed E-state index contributed by atoms with van der Waals surface area (Å²) in [6.45, 7) is 0. The summed E-state index contributed by atoms with van der Waals surface area (Å²) in [5.41, 5.74) is 3.10. The van der Waals surface area contributed by atoms with E-state index in [0.29, 0.717) is 22.6 Å². The number of methoxy groups -OCH3 is 2.